The van der Waals surface area contributed by atoms with Gasteiger partial charge in [0, 0.05) is 5.41 Å². The monoisotopic (exact) mass is 230 g/mol. The lowest BCUT2D eigenvalue weighted by atomic mass is 9.82. The summed E-state index contributed by atoms with van der Waals surface area (Å²) in [5.74, 6) is -0.839. The fourth-order valence-corrected chi connectivity index (χ4v) is 1.92. The lowest BCUT2D eigenvalue weighted by Crippen LogP contribution is -2.41. The van der Waals surface area contributed by atoms with E-state index in [1.165, 1.54) is 6.07 Å². The fraction of sp³-hybridized carbons (Fsp3) is 0.500. The number of halogens is 3. The maximum Gasteiger partial charge on any atom is 0.266 e. The van der Waals surface area contributed by atoms with Gasteiger partial charge in [-0.25, -0.2) is 13.2 Å². The lowest BCUT2D eigenvalue weighted by molar-refractivity contribution is -0.100. The summed E-state index contributed by atoms with van der Waals surface area (Å²) < 4.78 is 43.1. The Labute approximate surface area is 92.2 Å². The summed E-state index contributed by atoms with van der Waals surface area (Å²) in [6, 6.07) is 3.92. The minimum Gasteiger partial charge on any atom is -0.380 e. The summed E-state index contributed by atoms with van der Waals surface area (Å²) in [6.07, 6.45) is -2.11. The topological polar surface area (TPSA) is 9.23 Å². The third kappa shape index (κ3) is 2.21. The van der Waals surface area contributed by atoms with Gasteiger partial charge in [0.1, 0.15) is 5.82 Å². The Morgan fingerprint density at radius 2 is 2.06 bits per heavy atom. The van der Waals surface area contributed by atoms with E-state index < -0.39 is 17.8 Å². The first-order chi connectivity index (χ1) is 7.50. The fourth-order valence-electron chi connectivity index (χ4n) is 1.92. The molecule has 1 heterocycles. The molecule has 0 radical (unpaired) electrons. The molecule has 0 spiro atoms. The van der Waals surface area contributed by atoms with Gasteiger partial charge in [-0.3, -0.25) is 0 Å². The summed E-state index contributed by atoms with van der Waals surface area (Å²) >= 11 is 0. The smallest absolute Gasteiger partial charge is 0.266 e. The normalized spacial score (nSPS) is 18.6. The maximum atomic E-state index is 13.0. The van der Waals surface area contributed by atoms with Crippen LogP contribution in [0.15, 0.2) is 18.2 Å². The van der Waals surface area contributed by atoms with Gasteiger partial charge in [-0.15, -0.1) is 0 Å². The van der Waals surface area contributed by atoms with Gasteiger partial charge in [-0.05, 0) is 24.1 Å². The molecule has 4 heteroatoms. The number of benzene rings is 1. The third-order valence-corrected chi connectivity index (χ3v) is 2.83. The van der Waals surface area contributed by atoms with Crippen LogP contribution in [0.4, 0.5) is 13.2 Å². The highest BCUT2D eigenvalue weighted by Gasteiger charge is 2.33. The highest BCUT2D eigenvalue weighted by molar-refractivity contribution is 5.27. The molecule has 1 fully saturated rings. The average Bonchev–Trinajstić information content (AvgIpc) is 2.18. The molecule has 1 nitrogen and oxygen atoms in total. The van der Waals surface area contributed by atoms with Crippen molar-refractivity contribution in [2.75, 3.05) is 13.2 Å². The number of hydrogen-bond donors (Lipinski definition) is 0. The zero-order chi connectivity index (χ0) is 11.8. The summed E-state index contributed by atoms with van der Waals surface area (Å²) in [5.41, 5.74) is 0.237. The van der Waals surface area contributed by atoms with Gasteiger partial charge >= 0.3 is 0 Å². The van der Waals surface area contributed by atoms with Crippen molar-refractivity contribution >= 4 is 0 Å². The first-order valence-corrected chi connectivity index (χ1v) is 5.14. The molecule has 1 aliphatic heterocycles. The van der Waals surface area contributed by atoms with Gasteiger partial charge in [0.15, 0.2) is 0 Å². The molecule has 16 heavy (non-hydrogen) atoms. The molecule has 0 aliphatic carbocycles. The van der Waals surface area contributed by atoms with Crippen molar-refractivity contribution in [2.45, 2.75) is 19.8 Å². The Kier molecular flexibility index (Phi) is 2.93. The van der Waals surface area contributed by atoms with Gasteiger partial charge in [-0.2, -0.15) is 0 Å². The average molecular weight is 230 g/mol. The van der Waals surface area contributed by atoms with Crippen molar-refractivity contribution in [3.63, 3.8) is 0 Å². The van der Waals surface area contributed by atoms with E-state index in [1.54, 1.807) is 6.07 Å². The molecule has 2 rings (SSSR count). The predicted molar refractivity (Wildman–Crippen MR) is 54.0 cm³/mol. The Hall–Kier alpha value is -1.03. The second-order valence-corrected chi connectivity index (χ2v) is 4.64. The molecule has 0 unspecified atom stereocenters. The summed E-state index contributed by atoms with van der Waals surface area (Å²) in [6.45, 7) is 3.30. The van der Waals surface area contributed by atoms with Crippen LogP contribution < -0.4 is 0 Å². The molecule has 0 bridgehead atoms. The van der Waals surface area contributed by atoms with E-state index in [0.717, 1.165) is 11.6 Å². The standard InChI is InChI=1S/C12H13F3O/c1-12(6-16-7-12)5-8-2-3-10(13)9(4-8)11(14)15/h2-4,11H,5-7H2,1H3. The Morgan fingerprint density at radius 1 is 1.38 bits per heavy atom. The molecule has 0 aromatic heterocycles. The van der Waals surface area contributed by atoms with E-state index >= 15 is 0 Å². The summed E-state index contributed by atoms with van der Waals surface area (Å²) in [5, 5.41) is 0. The maximum absolute atomic E-state index is 13.0. The number of alkyl halides is 2. The SMILES string of the molecule is CC1(Cc2ccc(F)c(C(F)F)c2)COC1. The van der Waals surface area contributed by atoms with Crippen molar-refractivity contribution in [2.24, 2.45) is 5.41 Å². The van der Waals surface area contributed by atoms with Crippen LogP contribution in [0, 0.1) is 11.2 Å². The molecular weight excluding hydrogens is 217 g/mol. The van der Waals surface area contributed by atoms with Crippen LogP contribution in [0.3, 0.4) is 0 Å². The van der Waals surface area contributed by atoms with Crippen LogP contribution in [0.5, 0.6) is 0 Å². The second-order valence-electron chi connectivity index (χ2n) is 4.64. The molecule has 0 saturated carbocycles. The Balaban J connectivity index is 2.19. The second kappa shape index (κ2) is 4.09. The predicted octanol–water partition coefficient (Wildman–Crippen LogP) is 3.34. The molecule has 1 saturated heterocycles. The number of hydrogen-bond acceptors (Lipinski definition) is 1. The van der Waals surface area contributed by atoms with E-state index in [9.17, 15) is 13.2 Å². The van der Waals surface area contributed by atoms with Crippen LogP contribution >= 0.6 is 0 Å². The van der Waals surface area contributed by atoms with E-state index in [1.807, 2.05) is 6.92 Å². The first kappa shape index (κ1) is 11.5. The van der Waals surface area contributed by atoms with E-state index in [2.05, 4.69) is 0 Å². The first-order valence-electron chi connectivity index (χ1n) is 5.14. The zero-order valence-corrected chi connectivity index (χ0v) is 8.97. The van der Waals surface area contributed by atoms with Crippen LogP contribution in [-0.2, 0) is 11.2 Å². The van der Waals surface area contributed by atoms with E-state index in [-0.39, 0.29) is 5.41 Å². The van der Waals surface area contributed by atoms with Crippen LogP contribution in [0.2, 0.25) is 0 Å². The van der Waals surface area contributed by atoms with Crippen molar-refractivity contribution in [1.82, 2.24) is 0 Å². The number of rotatable bonds is 3. The Bertz CT molecular complexity index is 386. The van der Waals surface area contributed by atoms with Gasteiger partial charge < -0.3 is 4.74 Å². The molecule has 88 valence electrons. The van der Waals surface area contributed by atoms with Gasteiger partial charge in [0.25, 0.3) is 6.43 Å². The summed E-state index contributed by atoms with van der Waals surface area (Å²) in [7, 11) is 0. The van der Waals surface area contributed by atoms with Crippen molar-refractivity contribution < 1.29 is 17.9 Å². The van der Waals surface area contributed by atoms with E-state index in [4.69, 9.17) is 4.74 Å². The number of ether oxygens (including phenoxy) is 1. The molecule has 0 atom stereocenters. The molecule has 0 N–H and O–H groups in total. The highest BCUT2D eigenvalue weighted by atomic mass is 19.3. The Morgan fingerprint density at radius 3 is 2.56 bits per heavy atom. The van der Waals surface area contributed by atoms with Gasteiger partial charge in [0.05, 0.1) is 18.8 Å². The largest absolute Gasteiger partial charge is 0.380 e. The lowest BCUT2D eigenvalue weighted by Gasteiger charge is -2.38. The molecule has 0 amide bonds. The minimum atomic E-state index is -2.76. The van der Waals surface area contributed by atoms with Crippen molar-refractivity contribution in [1.29, 1.82) is 0 Å². The summed E-state index contributed by atoms with van der Waals surface area (Å²) in [4.78, 5) is 0. The molecule has 1 aliphatic rings. The van der Waals surface area contributed by atoms with Crippen molar-refractivity contribution in [3.05, 3.63) is 35.1 Å². The minimum absolute atomic E-state index is 0.0111. The zero-order valence-electron chi connectivity index (χ0n) is 8.97. The molecular formula is C12H13F3O. The van der Waals surface area contributed by atoms with Gasteiger partial charge in [0.2, 0.25) is 0 Å². The third-order valence-electron chi connectivity index (χ3n) is 2.83. The molecule has 1 aromatic carbocycles. The van der Waals surface area contributed by atoms with Gasteiger partial charge in [-0.1, -0.05) is 13.0 Å². The quantitative estimate of drug-likeness (QED) is 0.773. The van der Waals surface area contributed by atoms with Crippen molar-refractivity contribution in [3.8, 4) is 0 Å². The highest BCUT2D eigenvalue weighted by Crippen LogP contribution is 2.32. The van der Waals surface area contributed by atoms with Crippen LogP contribution in [0.25, 0.3) is 0 Å². The van der Waals surface area contributed by atoms with E-state index in [0.29, 0.717) is 19.6 Å². The van der Waals surface area contributed by atoms with Crippen LogP contribution in [0.1, 0.15) is 24.5 Å². The van der Waals surface area contributed by atoms with Crippen LogP contribution in [-0.4, -0.2) is 13.2 Å². The molecule has 1 aromatic rings.